The fraction of sp³-hybridized carbons (Fsp3) is 0.222. The maximum atomic E-state index is 12.7. The Kier molecular flexibility index (Phi) is 4.28. The van der Waals surface area contributed by atoms with Gasteiger partial charge in [0.05, 0.1) is 0 Å². The number of thiocarbonyl (C=S) groups is 1. The first-order valence-corrected chi connectivity index (χ1v) is 4.62. The molecule has 0 spiro atoms. The average Bonchev–Trinajstić information content (AvgIpc) is 2.17. The molecule has 0 radical (unpaired) electrons. The Morgan fingerprint density at radius 2 is 2.29 bits per heavy atom. The van der Waals surface area contributed by atoms with Gasteiger partial charge in [-0.15, -0.1) is 0 Å². The van der Waals surface area contributed by atoms with Gasteiger partial charge in [0.1, 0.15) is 5.82 Å². The number of nitrogens with one attached hydrogen (secondary N) is 2. The molecule has 0 aliphatic carbocycles. The van der Waals surface area contributed by atoms with Crippen LogP contribution in [0.3, 0.4) is 0 Å². The van der Waals surface area contributed by atoms with Crippen molar-refractivity contribution in [2.24, 2.45) is 5.84 Å². The van der Waals surface area contributed by atoms with Crippen LogP contribution in [0.5, 0.6) is 0 Å². The number of nitrogens with two attached hydrogens (primary N) is 1. The van der Waals surface area contributed by atoms with Crippen molar-refractivity contribution < 1.29 is 4.39 Å². The van der Waals surface area contributed by atoms with Crippen molar-refractivity contribution in [1.29, 1.82) is 0 Å². The Balaban J connectivity index is 2.35. The highest BCUT2D eigenvalue weighted by molar-refractivity contribution is 7.80. The van der Waals surface area contributed by atoms with Crippen LogP contribution >= 0.6 is 12.2 Å². The summed E-state index contributed by atoms with van der Waals surface area (Å²) in [7, 11) is 0. The molecule has 0 aliphatic rings. The molecule has 1 aromatic rings. The lowest BCUT2D eigenvalue weighted by molar-refractivity contribution is 0.625. The quantitative estimate of drug-likeness (QED) is 0.393. The van der Waals surface area contributed by atoms with E-state index >= 15 is 0 Å². The first-order chi connectivity index (χ1) is 6.72. The van der Waals surface area contributed by atoms with Crippen LogP contribution in [0.4, 0.5) is 4.39 Å². The molecule has 0 heterocycles. The van der Waals surface area contributed by atoms with Gasteiger partial charge in [-0.25, -0.2) is 10.2 Å². The van der Waals surface area contributed by atoms with Gasteiger partial charge >= 0.3 is 0 Å². The van der Waals surface area contributed by atoms with E-state index in [1.807, 2.05) is 6.07 Å². The lowest BCUT2D eigenvalue weighted by atomic mass is 10.1. The van der Waals surface area contributed by atoms with Gasteiger partial charge in [0.2, 0.25) is 0 Å². The van der Waals surface area contributed by atoms with E-state index < -0.39 is 0 Å². The van der Waals surface area contributed by atoms with Crippen LogP contribution in [0.1, 0.15) is 5.56 Å². The number of benzene rings is 1. The van der Waals surface area contributed by atoms with Crippen molar-refractivity contribution in [2.75, 3.05) is 6.54 Å². The number of halogens is 1. The summed E-state index contributed by atoms with van der Waals surface area (Å²) in [5, 5.41) is 3.26. The van der Waals surface area contributed by atoms with Crippen LogP contribution in [-0.2, 0) is 6.42 Å². The molecule has 0 amide bonds. The van der Waals surface area contributed by atoms with Crippen LogP contribution < -0.4 is 16.6 Å². The molecule has 5 heteroatoms. The van der Waals surface area contributed by atoms with Gasteiger partial charge in [0, 0.05) is 6.54 Å². The largest absolute Gasteiger partial charge is 0.361 e. The molecule has 0 unspecified atom stereocenters. The molecule has 0 bridgehead atoms. The lowest BCUT2D eigenvalue weighted by Gasteiger charge is -2.06. The molecule has 0 saturated heterocycles. The zero-order valence-electron chi connectivity index (χ0n) is 7.59. The summed E-state index contributed by atoms with van der Waals surface area (Å²) in [4.78, 5) is 0. The fourth-order valence-corrected chi connectivity index (χ4v) is 1.17. The van der Waals surface area contributed by atoms with Crippen molar-refractivity contribution in [3.8, 4) is 0 Å². The summed E-state index contributed by atoms with van der Waals surface area (Å²) < 4.78 is 12.7. The third-order valence-corrected chi connectivity index (χ3v) is 1.98. The molecule has 0 fully saturated rings. The first-order valence-electron chi connectivity index (χ1n) is 4.21. The monoisotopic (exact) mass is 213 g/mol. The maximum Gasteiger partial charge on any atom is 0.180 e. The van der Waals surface area contributed by atoms with Gasteiger partial charge in [-0.1, -0.05) is 12.1 Å². The van der Waals surface area contributed by atoms with Gasteiger partial charge in [-0.05, 0) is 36.3 Å². The Hall–Kier alpha value is -1.20. The molecule has 0 atom stereocenters. The Morgan fingerprint density at radius 1 is 1.50 bits per heavy atom. The van der Waals surface area contributed by atoms with Crippen molar-refractivity contribution in [2.45, 2.75) is 6.42 Å². The molecule has 1 aromatic carbocycles. The Bertz CT molecular complexity index is 317. The van der Waals surface area contributed by atoms with Crippen LogP contribution in [-0.4, -0.2) is 11.7 Å². The first kappa shape index (κ1) is 10.9. The van der Waals surface area contributed by atoms with Crippen LogP contribution in [0.2, 0.25) is 0 Å². The highest BCUT2D eigenvalue weighted by Gasteiger charge is 1.95. The van der Waals surface area contributed by atoms with Gasteiger partial charge < -0.3 is 10.7 Å². The van der Waals surface area contributed by atoms with Gasteiger partial charge in [-0.3, -0.25) is 0 Å². The predicted molar refractivity (Wildman–Crippen MR) is 58.0 cm³/mol. The van der Waals surface area contributed by atoms with Crippen molar-refractivity contribution >= 4 is 17.3 Å². The molecule has 1 rings (SSSR count). The second kappa shape index (κ2) is 5.51. The van der Waals surface area contributed by atoms with E-state index in [2.05, 4.69) is 10.7 Å². The number of hydrogen-bond donors (Lipinski definition) is 3. The second-order valence-corrected chi connectivity index (χ2v) is 3.19. The van der Waals surface area contributed by atoms with Crippen LogP contribution in [0.25, 0.3) is 0 Å². The summed E-state index contributed by atoms with van der Waals surface area (Å²) in [5.41, 5.74) is 3.24. The zero-order chi connectivity index (χ0) is 10.4. The number of rotatable bonds is 3. The smallest absolute Gasteiger partial charge is 0.180 e. The third kappa shape index (κ3) is 3.68. The van der Waals surface area contributed by atoms with E-state index in [1.54, 1.807) is 6.07 Å². The van der Waals surface area contributed by atoms with E-state index in [1.165, 1.54) is 12.1 Å². The molecule has 14 heavy (non-hydrogen) atoms. The van der Waals surface area contributed by atoms with E-state index in [4.69, 9.17) is 18.1 Å². The second-order valence-electron chi connectivity index (χ2n) is 2.78. The molecule has 0 saturated carbocycles. The number of hydrazine groups is 1. The molecular formula is C9H12FN3S. The van der Waals surface area contributed by atoms with Gasteiger partial charge in [0.25, 0.3) is 0 Å². The maximum absolute atomic E-state index is 12.7. The third-order valence-electron chi connectivity index (χ3n) is 1.72. The van der Waals surface area contributed by atoms with Crippen molar-refractivity contribution in [3.05, 3.63) is 35.6 Å². The molecule has 76 valence electrons. The van der Waals surface area contributed by atoms with Crippen molar-refractivity contribution in [1.82, 2.24) is 10.7 Å². The lowest BCUT2D eigenvalue weighted by Crippen LogP contribution is -2.40. The zero-order valence-corrected chi connectivity index (χ0v) is 8.40. The standard InChI is InChI=1S/C9H12FN3S/c10-8-3-1-2-7(6-8)4-5-12-9(14)13-11/h1-3,6H,4-5,11H2,(H2,12,13,14). The molecule has 0 aromatic heterocycles. The molecular weight excluding hydrogens is 201 g/mol. The van der Waals surface area contributed by atoms with E-state index in [-0.39, 0.29) is 5.82 Å². The van der Waals surface area contributed by atoms with E-state index in [0.29, 0.717) is 18.1 Å². The van der Waals surface area contributed by atoms with Crippen LogP contribution in [0.15, 0.2) is 24.3 Å². The molecule has 0 aliphatic heterocycles. The summed E-state index contributed by atoms with van der Waals surface area (Å²) in [6.07, 6.45) is 0.708. The minimum Gasteiger partial charge on any atom is -0.361 e. The Labute approximate surface area is 87.5 Å². The van der Waals surface area contributed by atoms with Crippen molar-refractivity contribution in [3.63, 3.8) is 0 Å². The predicted octanol–water partition coefficient (Wildman–Crippen LogP) is 0.706. The minimum atomic E-state index is -0.220. The number of hydrogen-bond acceptors (Lipinski definition) is 2. The Morgan fingerprint density at radius 3 is 2.93 bits per heavy atom. The van der Waals surface area contributed by atoms with Gasteiger partial charge in [0.15, 0.2) is 5.11 Å². The van der Waals surface area contributed by atoms with Crippen LogP contribution in [0, 0.1) is 5.82 Å². The highest BCUT2D eigenvalue weighted by atomic mass is 32.1. The summed E-state index contributed by atoms with van der Waals surface area (Å²) >= 11 is 4.78. The normalized spacial score (nSPS) is 9.57. The minimum absolute atomic E-state index is 0.220. The van der Waals surface area contributed by atoms with Gasteiger partial charge in [-0.2, -0.15) is 0 Å². The molecule has 4 N–H and O–H groups in total. The summed E-state index contributed by atoms with van der Waals surface area (Å²) in [5.74, 6) is 4.84. The van der Waals surface area contributed by atoms with E-state index in [9.17, 15) is 4.39 Å². The summed E-state index contributed by atoms with van der Waals surface area (Å²) in [6, 6.07) is 6.47. The van der Waals surface area contributed by atoms with E-state index in [0.717, 1.165) is 5.56 Å². The average molecular weight is 213 g/mol. The topological polar surface area (TPSA) is 50.1 Å². The SMILES string of the molecule is NNC(=S)NCCc1cccc(F)c1. The summed E-state index contributed by atoms with van der Waals surface area (Å²) in [6.45, 7) is 0.631. The highest BCUT2D eigenvalue weighted by Crippen LogP contribution is 2.03. The fourth-order valence-electron chi connectivity index (χ4n) is 1.06. The molecule has 3 nitrogen and oxygen atoms in total.